The zero-order valence-electron chi connectivity index (χ0n) is 13.8. The summed E-state index contributed by atoms with van der Waals surface area (Å²) < 4.78 is 17.8. The van der Waals surface area contributed by atoms with E-state index in [9.17, 15) is 24.1 Å². The molecule has 26 heavy (non-hydrogen) atoms. The monoisotopic (exact) mass is 357 g/mol. The number of ether oxygens (including phenoxy) is 1. The van der Waals surface area contributed by atoms with E-state index in [0.29, 0.717) is 17.5 Å². The van der Waals surface area contributed by atoms with Crippen LogP contribution < -0.4 is 0 Å². The van der Waals surface area contributed by atoms with Crippen LogP contribution in [0.15, 0.2) is 54.6 Å². The molecule has 0 radical (unpaired) electrons. The van der Waals surface area contributed by atoms with Crippen LogP contribution in [0, 0.1) is 15.9 Å². The van der Waals surface area contributed by atoms with Gasteiger partial charge in [0.1, 0.15) is 5.82 Å². The zero-order valence-corrected chi connectivity index (χ0v) is 13.8. The molecule has 0 aliphatic carbocycles. The number of hydrogen-bond acceptors (Lipinski definition) is 5. The molecule has 0 heterocycles. The zero-order chi connectivity index (χ0) is 18.9. The minimum absolute atomic E-state index is 0.0319. The Morgan fingerprint density at radius 2 is 1.73 bits per heavy atom. The molecule has 0 bridgehead atoms. The summed E-state index contributed by atoms with van der Waals surface area (Å²) in [7, 11) is 0. The van der Waals surface area contributed by atoms with Crippen LogP contribution in [0.4, 0.5) is 10.1 Å². The Morgan fingerprint density at radius 3 is 2.35 bits per heavy atom. The summed E-state index contributed by atoms with van der Waals surface area (Å²) in [5, 5.41) is 10.6. The van der Waals surface area contributed by atoms with Crippen molar-refractivity contribution in [1.29, 1.82) is 0 Å². The van der Waals surface area contributed by atoms with Crippen molar-refractivity contribution in [3.05, 3.63) is 81.7 Å². The third-order valence-electron chi connectivity index (χ3n) is 3.47. The Morgan fingerprint density at radius 1 is 1.08 bits per heavy atom. The number of ketones is 1. The highest BCUT2D eigenvalue weighted by molar-refractivity contribution is 5.96. The predicted octanol–water partition coefficient (Wildman–Crippen LogP) is 3.95. The Labute approximate surface area is 149 Å². The van der Waals surface area contributed by atoms with Crippen molar-refractivity contribution in [2.45, 2.75) is 12.8 Å². The number of benzene rings is 2. The first-order chi connectivity index (χ1) is 12.5. The van der Waals surface area contributed by atoms with E-state index < -0.39 is 16.7 Å². The fourth-order valence-electron chi connectivity index (χ4n) is 2.11. The van der Waals surface area contributed by atoms with E-state index in [0.717, 1.165) is 0 Å². The lowest BCUT2D eigenvalue weighted by atomic mass is 10.1. The molecule has 0 atom stereocenters. The van der Waals surface area contributed by atoms with E-state index in [4.69, 9.17) is 4.74 Å². The summed E-state index contributed by atoms with van der Waals surface area (Å²) in [6.07, 6.45) is 3.23. The summed E-state index contributed by atoms with van der Waals surface area (Å²) >= 11 is 0. The third-order valence-corrected chi connectivity index (χ3v) is 3.47. The fraction of sp³-hybridized carbons (Fsp3) is 0.158. The number of esters is 1. The van der Waals surface area contributed by atoms with Gasteiger partial charge in [0.2, 0.25) is 0 Å². The van der Waals surface area contributed by atoms with Crippen molar-refractivity contribution in [3.63, 3.8) is 0 Å². The Bertz CT molecular complexity index is 813. The largest absolute Gasteiger partial charge is 0.463 e. The highest BCUT2D eigenvalue weighted by Crippen LogP contribution is 2.13. The van der Waals surface area contributed by atoms with E-state index in [1.54, 1.807) is 0 Å². The van der Waals surface area contributed by atoms with Crippen molar-refractivity contribution in [3.8, 4) is 0 Å². The van der Waals surface area contributed by atoms with Crippen LogP contribution >= 0.6 is 0 Å². The maximum Gasteiger partial charge on any atom is 0.330 e. The maximum absolute atomic E-state index is 12.8. The van der Waals surface area contributed by atoms with Gasteiger partial charge in [-0.1, -0.05) is 0 Å². The van der Waals surface area contributed by atoms with Gasteiger partial charge < -0.3 is 4.74 Å². The topological polar surface area (TPSA) is 86.5 Å². The smallest absolute Gasteiger partial charge is 0.330 e. The van der Waals surface area contributed by atoms with Gasteiger partial charge in [0, 0.05) is 30.2 Å². The molecule has 0 amide bonds. The van der Waals surface area contributed by atoms with Crippen LogP contribution in [0.2, 0.25) is 0 Å². The van der Waals surface area contributed by atoms with E-state index in [2.05, 4.69) is 0 Å². The van der Waals surface area contributed by atoms with Gasteiger partial charge in [-0.25, -0.2) is 9.18 Å². The number of nitro groups is 1. The first-order valence-electron chi connectivity index (χ1n) is 7.84. The minimum atomic E-state index is -0.572. The van der Waals surface area contributed by atoms with Gasteiger partial charge in [0.05, 0.1) is 11.5 Å². The maximum atomic E-state index is 12.8. The van der Waals surface area contributed by atoms with Crippen LogP contribution in [0.3, 0.4) is 0 Å². The second-order valence-electron chi connectivity index (χ2n) is 5.38. The van der Waals surface area contributed by atoms with Crippen molar-refractivity contribution >= 4 is 23.5 Å². The second kappa shape index (κ2) is 9.22. The van der Waals surface area contributed by atoms with Gasteiger partial charge in [-0.05, 0) is 54.5 Å². The normalized spacial score (nSPS) is 10.7. The van der Waals surface area contributed by atoms with Crippen LogP contribution in [0.5, 0.6) is 0 Å². The molecule has 0 saturated heterocycles. The molecular formula is C19H16FNO5. The average Bonchev–Trinajstić information content (AvgIpc) is 2.64. The summed E-state index contributed by atoms with van der Waals surface area (Å²) in [5.41, 5.74) is 1.00. The van der Waals surface area contributed by atoms with Gasteiger partial charge in [-0.15, -0.1) is 0 Å². The fourth-order valence-corrected chi connectivity index (χ4v) is 2.11. The van der Waals surface area contributed by atoms with Gasteiger partial charge in [-0.2, -0.15) is 0 Å². The van der Waals surface area contributed by atoms with Crippen LogP contribution in [0.25, 0.3) is 6.08 Å². The van der Waals surface area contributed by atoms with Crippen LogP contribution in [0.1, 0.15) is 28.8 Å². The predicted molar refractivity (Wildman–Crippen MR) is 93.1 cm³/mol. The highest BCUT2D eigenvalue weighted by atomic mass is 19.1. The molecule has 134 valence electrons. The van der Waals surface area contributed by atoms with Gasteiger partial charge >= 0.3 is 5.97 Å². The first-order valence-corrected chi connectivity index (χ1v) is 7.84. The number of halogens is 1. The van der Waals surface area contributed by atoms with E-state index in [1.165, 1.54) is 60.7 Å². The summed E-state index contributed by atoms with van der Waals surface area (Å²) in [6, 6.07) is 11.0. The van der Waals surface area contributed by atoms with Crippen molar-refractivity contribution in [1.82, 2.24) is 0 Å². The first kappa shape index (κ1) is 19.0. The lowest BCUT2D eigenvalue weighted by Gasteiger charge is -2.02. The molecule has 0 unspecified atom stereocenters. The molecule has 0 fully saturated rings. The highest BCUT2D eigenvalue weighted by Gasteiger charge is 2.07. The molecule has 2 rings (SSSR count). The van der Waals surface area contributed by atoms with E-state index in [1.807, 2.05) is 0 Å². The minimum Gasteiger partial charge on any atom is -0.463 e. The number of non-ortho nitro benzene ring substituents is 1. The number of carbonyl (C=O) groups excluding carboxylic acids is 2. The molecule has 2 aromatic carbocycles. The van der Waals surface area contributed by atoms with Gasteiger partial charge in [0.15, 0.2) is 5.78 Å². The Hall–Kier alpha value is -3.35. The molecule has 7 heteroatoms. The van der Waals surface area contributed by atoms with Gasteiger partial charge in [-0.3, -0.25) is 14.9 Å². The number of carbonyl (C=O) groups is 2. The third kappa shape index (κ3) is 5.94. The summed E-state index contributed by atoms with van der Waals surface area (Å²) in [6.45, 7) is 0.0797. The molecule has 0 aliphatic heterocycles. The number of hydrogen-bond donors (Lipinski definition) is 0. The van der Waals surface area contributed by atoms with Crippen LogP contribution in [-0.4, -0.2) is 23.3 Å². The van der Waals surface area contributed by atoms with Gasteiger partial charge in [0.25, 0.3) is 5.69 Å². The lowest BCUT2D eigenvalue weighted by molar-refractivity contribution is -0.384. The molecule has 6 nitrogen and oxygen atoms in total. The summed E-state index contributed by atoms with van der Waals surface area (Å²) in [4.78, 5) is 33.5. The molecule has 0 spiro atoms. The number of nitro benzene ring substituents is 1. The molecule has 0 saturated carbocycles. The quantitative estimate of drug-likeness (QED) is 0.178. The summed E-state index contributed by atoms with van der Waals surface area (Å²) in [5.74, 6) is -1.13. The molecule has 2 aromatic rings. The number of rotatable bonds is 8. The molecule has 0 aliphatic rings. The number of Topliss-reactive ketones (excluding diaryl/α,β-unsaturated/α-hetero) is 1. The molecule has 0 aromatic heterocycles. The van der Waals surface area contributed by atoms with Crippen molar-refractivity contribution < 1.29 is 23.6 Å². The van der Waals surface area contributed by atoms with E-state index in [-0.39, 0.29) is 24.5 Å². The van der Waals surface area contributed by atoms with E-state index >= 15 is 0 Å². The standard InChI is InChI=1S/C19H16FNO5/c20-16-8-6-15(7-9-16)18(22)2-1-13-26-19(23)12-5-14-3-10-17(11-4-14)21(24)25/h3-12H,1-2,13H2/b12-5+. The molecule has 0 N–H and O–H groups in total. The van der Waals surface area contributed by atoms with Crippen LogP contribution in [-0.2, 0) is 9.53 Å². The van der Waals surface area contributed by atoms with Crippen molar-refractivity contribution in [2.75, 3.05) is 6.61 Å². The van der Waals surface area contributed by atoms with Crippen molar-refractivity contribution in [2.24, 2.45) is 0 Å². The lowest BCUT2D eigenvalue weighted by Crippen LogP contribution is -2.05. The SMILES string of the molecule is O=C(/C=C/c1ccc([N+](=O)[O-])cc1)OCCCC(=O)c1ccc(F)cc1. The Balaban J connectivity index is 1.72. The Kier molecular flexibility index (Phi) is 6.73. The second-order valence-corrected chi connectivity index (χ2v) is 5.38. The number of nitrogens with zero attached hydrogens (tertiary/aromatic N) is 1. The molecular weight excluding hydrogens is 341 g/mol. The average molecular weight is 357 g/mol.